The smallest absolute Gasteiger partial charge is 0.0847 e. The molecule has 2 heterocycles. The van der Waals surface area contributed by atoms with Gasteiger partial charge >= 0.3 is 0 Å². The Bertz CT molecular complexity index is 304. The largest absolute Gasteiger partial charge is 0.388 e. The first kappa shape index (κ1) is 15.6. The van der Waals surface area contributed by atoms with E-state index in [1.54, 1.807) is 0 Å². The second-order valence-electron chi connectivity index (χ2n) is 7.21. The lowest BCUT2D eigenvalue weighted by Crippen LogP contribution is -2.59. The van der Waals surface area contributed by atoms with Crippen LogP contribution in [-0.4, -0.2) is 41.0 Å². The van der Waals surface area contributed by atoms with Gasteiger partial charge in [-0.2, -0.15) is 11.8 Å². The molecule has 19 heavy (non-hydrogen) atoms. The first-order chi connectivity index (χ1) is 8.83. The quantitative estimate of drug-likeness (QED) is 0.819. The SMILES string of the molecule is CC(C)(C)C(O)(CN)C1CCOC2(CCSCC2)C1. The number of nitrogens with two attached hydrogens (primary N) is 1. The van der Waals surface area contributed by atoms with Gasteiger partial charge in [0.1, 0.15) is 0 Å². The van der Waals surface area contributed by atoms with Gasteiger partial charge in [-0.3, -0.25) is 0 Å². The lowest BCUT2D eigenvalue weighted by atomic mass is 9.63. The van der Waals surface area contributed by atoms with E-state index in [1.807, 2.05) is 11.8 Å². The molecule has 0 amide bonds. The molecule has 1 spiro atoms. The van der Waals surface area contributed by atoms with Crippen molar-refractivity contribution in [2.75, 3.05) is 24.7 Å². The second-order valence-corrected chi connectivity index (χ2v) is 8.44. The van der Waals surface area contributed by atoms with E-state index >= 15 is 0 Å². The summed E-state index contributed by atoms with van der Waals surface area (Å²) < 4.78 is 6.12. The molecule has 0 aromatic heterocycles. The number of aliphatic hydroxyl groups is 1. The zero-order valence-corrected chi connectivity index (χ0v) is 13.4. The summed E-state index contributed by atoms with van der Waals surface area (Å²) in [5.41, 5.74) is 4.99. The number of thioether (sulfide) groups is 1. The summed E-state index contributed by atoms with van der Waals surface area (Å²) in [5.74, 6) is 2.63. The van der Waals surface area contributed by atoms with Crippen molar-refractivity contribution in [3.8, 4) is 0 Å². The molecule has 0 bridgehead atoms. The maximum atomic E-state index is 11.1. The van der Waals surface area contributed by atoms with Crippen molar-refractivity contribution in [2.24, 2.45) is 17.1 Å². The maximum Gasteiger partial charge on any atom is 0.0847 e. The molecule has 2 atom stereocenters. The molecule has 3 N–H and O–H groups in total. The standard InChI is InChI=1S/C15H29NO2S/c1-13(2,3)15(17,11-16)12-4-7-18-14(10-12)5-8-19-9-6-14/h12,17H,4-11,16H2,1-3H3. The van der Waals surface area contributed by atoms with Crippen LogP contribution in [0.5, 0.6) is 0 Å². The first-order valence-electron chi connectivity index (χ1n) is 7.47. The zero-order chi connectivity index (χ0) is 14.1. The van der Waals surface area contributed by atoms with Crippen LogP contribution in [0.4, 0.5) is 0 Å². The van der Waals surface area contributed by atoms with Gasteiger partial charge in [-0.05, 0) is 48.5 Å². The van der Waals surface area contributed by atoms with Crippen molar-refractivity contribution in [1.29, 1.82) is 0 Å². The second kappa shape index (κ2) is 5.55. The Hall–Kier alpha value is 0.230. The van der Waals surface area contributed by atoms with Crippen molar-refractivity contribution in [3.05, 3.63) is 0 Å². The Morgan fingerprint density at radius 3 is 2.47 bits per heavy atom. The Labute approximate surface area is 121 Å². The first-order valence-corrected chi connectivity index (χ1v) is 8.63. The van der Waals surface area contributed by atoms with E-state index in [1.165, 1.54) is 11.5 Å². The van der Waals surface area contributed by atoms with E-state index in [-0.39, 0.29) is 16.9 Å². The van der Waals surface area contributed by atoms with Gasteiger partial charge in [0, 0.05) is 13.2 Å². The third kappa shape index (κ3) is 2.97. The molecule has 0 aromatic rings. The average molecular weight is 287 g/mol. The van der Waals surface area contributed by atoms with Crippen LogP contribution in [0, 0.1) is 11.3 Å². The predicted octanol–water partition coefficient (Wildman–Crippen LogP) is 2.41. The summed E-state index contributed by atoms with van der Waals surface area (Å²) in [6, 6.07) is 0. The molecule has 2 fully saturated rings. The monoisotopic (exact) mass is 287 g/mol. The minimum Gasteiger partial charge on any atom is -0.388 e. The van der Waals surface area contributed by atoms with Crippen LogP contribution in [0.3, 0.4) is 0 Å². The van der Waals surface area contributed by atoms with Gasteiger partial charge in [-0.25, -0.2) is 0 Å². The molecule has 0 aliphatic carbocycles. The van der Waals surface area contributed by atoms with E-state index in [0.717, 1.165) is 32.3 Å². The van der Waals surface area contributed by atoms with Crippen LogP contribution in [0.2, 0.25) is 0 Å². The average Bonchev–Trinajstić information content (AvgIpc) is 2.37. The Balaban J connectivity index is 2.16. The normalized spacial score (nSPS) is 31.1. The number of ether oxygens (including phenoxy) is 1. The minimum absolute atomic E-state index is 0.0164. The predicted molar refractivity (Wildman–Crippen MR) is 81.4 cm³/mol. The van der Waals surface area contributed by atoms with E-state index in [0.29, 0.717) is 6.54 Å². The third-order valence-electron chi connectivity index (χ3n) is 5.18. The molecule has 2 aliphatic rings. The van der Waals surface area contributed by atoms with Crippen LogP contribution >= 0.6 is 11.8 Å². The van der Waals surface area contributed by atoms with E-state index < -0.39 is 5.60 Å². The Morgan fingerprint density at radius 1 is 1.32 bits per heavy atom. The van der Waals surface area contributed by atoms with Crippen molar-refractivity contribution in [1.82, 2.24) is 0 Å². The molecule has 4 heteroatoms. The van der Waals surface area contributed by atoms with Crippen LogP contribution in [0.1, 0.15) is 46.5 Å². The molecular formula is C15H29NO2S. The molecule has 2 saturated heterocycles. The van der Waals surface area contributed by atoms with Gasteiger partial charge in [-0.15, -0.1) is 0 Å². The van der Waals surface area contributed by atoms with Gasteiger partial charge in [0.25, 0.3) is 0 Å². The Kier molecular flexibility index (Phi) is 4.56. The topological polar surface area (TPSA) is 55.5 Å². The third-order valence-corrected chi connectivity index (χ3v) is 6.17. The van der Waals surface area contributed by atoms with Crippen LogP contribution in [0.25, 0.3) is 0 Å². The van der Waals surface area contributed by atoms with E-state index in [4.69, 9.17) is 10.5 Å². The number of hydrogen-bond donors (Lipinski definition) is 2. The van der Waals surface area contributed by atoms with Crippen molar-refractivity contribution >= 4 is 11.8 Å². The maximum absolute atomic E-state index is 11.1. The lowest BCUT2D eigenvalue weighted by molar-refractivity contribution is -0.172. The molecule has 0 aromatic carbocycles. The van der Waals surface area contributed by atoms with Crippen molar-refractivity contribution in [2.45, 2.75) is 57.7 Å². The highest BCUT2D eigenvalue weighted by Gasteiger charge is 2.50. The molecule has 2 aliphatic heterocycles. The van der Waals surface area contributed by atoms with Gasteiger partial charge in [0.2, 0.25) is 0 Å². The molecule has 112 valence electrons. The molecule has 2 unspecified atom stereocenters. The van der Waals surface area contributed by atoms with Gasteiger partial charge < -0.3 is 15.6 Å². The minimum atomic E-state index is -0.783. The summed E-state index contributed by atoms with van der Waals surface area (Å²) in [6.07, 6.45) is 4.15. The van der Waals surface area contributed by atoms with E-state index in [9.17, 15) is 5.11 Å². The highest BCUT2D eigenvalue weighted by Crippen LogP contribution is 2.47. The molecular weight excluding hydrogens is 258 g/mol. The summed E-state index contributed by atoms with van der Waals surface area (Å²) in [4.78, 5) is 0. The highest BCUT2D eigenvalue weighted by molar-refractivity contribution is 7.99. The van der Waals surface area contributed by atoms with Crippen LogP contribution in [0.15, 0.2) is 0 Å². The van der Waals surface area contributed by atoms with Gasteiger partial charge in [0.05, 0.1) is 11.2 Å². The van der Waals surface area contributed by atoms with Crippen molar-refractivity contribution < 1.29 is 9.84 Å². The highest BCUT2D eigenvalue weighted by atomic mass is 32.2. The summed E-state index contributed by atoms with van der Waals surface area (Å²) in [7, 11) is 0. The fourth-order valence-electron chi connectivity index (χ4n) is 3.61. The molecule has 0 radical (unpaired) electrons. The van der Waals surface area contributed by atoms with E-state index in [2.05, 4.69) is 20.8 Å². The van der Waals surface area contributed by atoms with Crippen LogP contribution in [-0.2, 0) is 4.74 Å². The van der Waals surface area contributed by atoms with Crippen LogP contribution < -0.4 is 5.73 Å². The number of rotatable bonds is 2. The zero-order valence-electron chi connectivity index (χ0n) is 12.6. The summed E-state index contributed by atoms with van der Waals surface area (Å²) >= 11 is 2.02. The summed E-state index contributed by atoms with van der Waals surface area (Å²) in [5, 5.41) is 11.1. The summed E-state index contributed by atoms with van der Waals surface area (Å²) in [6.45, 7) is 7.40. The lowest BCUT2D eigenvalue weighted by Gasteiger charge is -2.52. The number of hydrogen-bond acceptors (Lipinski definition) is 4. The molecule has 0 saturated carbocycles. The molecule has 2 rings (SSSR count). The van der Waals surface area contributed by atoms with Gasteiger partial charge in [0.15, 0.2) is 0 Å². The fourth-order valence-corrected chi connectivity index (χ4v) is 4.85. The van der Waals surface area contributed by atoms with Gasteiger partial charge in [-0.1, -0.05) is 20.8 Å². The fraction of sp³-hybridized carbons (Fsp3) is 1.00. The Morgan fingerprint density at radius 2 is 1.95 bits per heavy atom. The van der Waals surface area contributed by atoms with Crippen molar-refractivity contribution in [3.63, 3.8) is 0 Å². The molecule has 3 nitrogen and oxygen atoms in total.